The third-order valence-electron chi connectivity index (χ3n) is 6.27. The molecule has 3 nitrogen and oxygen atoms in total. The Morgan fingerprint density at radius 1 is 0.871 bits per heavy atom. The molecule has 0 aliphatic carbocycles. The first-order valence-corrected chi connectivity index (χ1v) is 14.5. The second kappa shape index (κ2) is 16.6. The Morgan fingerprint density at radius 3 is 1.90 bits per heavy atom. The molecule has 31 heavy (non-hydrogen) atoms. The average molecular weight is 452 g/mol. The fraction of sp³-hybridized carbons (Fsp3) is 0.741. The van der Waals surface area contributed by atoms with Gasteiger partial charge in [0.05, 0.1) is 11.9 Å². The highest BCUT2D eigenvalue weighted by Crippen LogP contribution is 2.19. The summed E-state index contributed by atoms with van der Waals surface area (Å²) in [6.45, 7) is 8.24. The molecule has 1 rings (SSSR count). The zero-order chi connectivity index (χ0) is 23.0. The molecule has 1 radical (unpaired) electrons. The molecule has 0 aliphatic rings. The van der Waals surface area contributed by atoms with E-state index in [1.54, 1.807) is 6.92 Å². The van der Waals surface area contributed by atoms with Crippen molar-refractivity contribution in [3.8, 4) is 5.75 Å². The maximum absolute atomic E-state index is 11.6. The van der Waals surface area contributed by atoms with Crippen LogP contribution in [0.4, 0.5) is 0 Å². The minimum atomic E-state index is -3.09. The lowest BCUT2D eigenvalue weighted by atomic mass is 10.0. The molecule has 0 aromatic heterocycles. The van der Waals surface area contributed by atoms with Crippen molar-refractivity contribution in [1.82, 2.24) is 0 Å². The molecule has 0 amide bonds. The minimum absolute atomic E-state index is 0.278. The molecule has 0 N–H and O–H groups in total. The van der Waals surface area contributed by atoms with E-state index in [9.17, 15) is 8.42 Å². The molecule has 0 heterocycles. The first-order valence-electron chi connectivity index (χ1n) is 12.6. The van der Waals surface area contributed by atoms with Crippen molar-refractivity contribution >= 4 is 9.84 Å². The van der Waals surface area contributed by atoms with Gasteiger partial charge in [0.15, 0.2) is 0 Å². The van der Waals surface area contributed by atoms with Gasteiger partial charge in [-0.3, -0.25) is 0 Å². The number of sulfone groups is 1. The summed E-state index contributed by atoms with van der Waals surface area (Å²) >= 11 is 0. The van der Waals surface area contributed by atoms with Crippen LogP contribution in [0.3, 0.4) is 0 Å². The molecule has 0 bridgehead atoms. The third kappa shape index (κ3) is 13.9. The molecule has 1 aromatic rings. The highest BCUT2D eigenvalue weighted by molar-refractivity contribution is 7.91. The number of hydrogen-bond donors (Lipinski definition) is 0. The number of rotatable bonds is 19. The van der Waals surface area contributed by atoms with Crippen LogP contribution >= 0.6 is 0 Å². The van der Waals surface area contributed by atoms with Crippen molar-refractivity contribution in [3.63, 3.8) is 0 Å². The van der Waals surface area contributed by atoms with Crippen LogP contribution < -0.4 is 4.74 Å². The molecule has 0 aliphatic heterocycles. The Hall–Kier alpha value is -1.03. The largest absolute Gasteiger partial charge is 0.493 e. The van der Waals surface area contributed by atoms with E-state index in [2.05, 4.69) is 26.0 Å². The fourth-order valence-electron chi connectivity index (χ4n) is 3.83. The van der Waals surface area contributed by atoms with Crippen LogP contribution in [-0.2, 0) is 16.3 Å². The number of aryl methyl sites for hydroxylation is 1. The second-order valence-corrected chi connectivity index (χ2v) is 11.6. The molecule has 2 atom stereocenters. The van der Waals surface area contributed by atoms with E-state index in [-0.39, 0.29) is 5.92 Å². The Balaban J connectivity index is 2.10. The SMILES string of the molecule is [CH2]C(COc1cccc(CCCCCCCCCCCCCCC)c1)C(C)S(C)(=O)=O. The van der Waals surface area contributed by atoms with Crippen molar-refractivity contribution in [1.29, 1.82) is 0 Å². The Bertz CT molecular complexity index is 669. The predicted molar refractivity (Wildman–Crippen MR) is 134 cm³/mol. The van der Waals surface area contributed by atoms with Crippen molar-refractivity contribution in [2.24, 2.45) is 5.92 Å². The van der Waals surface area contributed by atoms with Gasteiger partial charge in [0, 0.05) is 12.2 Å². The molecule has 2 unspecified atom stereocenters. The van der Waals surface area contributed by atoms with Gasteiger partial charge >= 0.3 is 0 Å². The lowest BCUT2D eigenvalue weighted by Crippen LogP contribution is -2.28. The third-order valence-corrected chi connectivity index (χ3v) is 8.01. The standard InChI is InChI=1S/C27H47O3S/c1-5-6-7-8-9-10-11-12-13-14-15-16-17-19-26-20-18-21-27(22-26)30-23-24(2)25(3)31(4,28)29/h18,20-22,24-25H,2,5-17,19,23H2,1,3-4H3. The van der Waals surface area contributed by atoms with Gasteiger partial charge in [-0.1, -0.05) is 96.1 Å². The van der Waals surface area contributed by atoms with E-state index < -0.39 is 15.1 Å². The van der Waals surface area contributed by atoms with Crippen LogP contribution in [0.1, 0.15) is 103 Å². The van der Waals surface area contributed by atoms with Crippen molar-refractivity contribution < 1.29 is 13.2 Å². The zero-order valence-corrected chi connectivity index (χ0v) is 21.2. The van der Waals surface area contributed by atoms with Crippen LogP contribution in [0.15, 0.2) is 24.3 Å². The molecule has 0 fully saturated rings. The molecule has 0 spiro atoms. The fourth-order valence-corrected chi connectivity index (χ4v) is 4.60. The van der Waals surface area contributed by atoms with Crippen molar-refractivity contribution in [2.75, 3.05) is 12.9 Å². The normalized spacial score (nSPS) is 13.8. The molecule has 0 saturated carbocycles. The Labute approximate surface area is 193 Å². The number of hydrogen-bond acceptors (Lipinski definition) is 3. The lowest BCUT2D eigenvalue weighted by molar-refractivity contribution is 0.271. The maximum atomic E-state index is 11.6. The van der Waals surface area contributed by atoms with Gasteiger partial charge in [-0.15, -0.1) is 0 Å². The summed E-state index contributed by atoms with van der Waals surface area (Å²) in [4.78, 5) is 0. The molecular weight excluding hydrogens is 404 g/mol. The van der Waals surface area contributed by atoms with Crippen LogP contribution in [0.5, 0.6) is 5.75 Å². The summed E-state index contributed by atoms with van der Waals surface area (Å²) in [6, 6.07) is 8.18. The molecular formula is C27H47O3S. The van der Waals surface area contributed by atoms with Gasteiger partial charge in [-0.2, -0.15) is 0 Å². The van der Waals surface area contributed by atoms with E-state index in [4.69, 9.17) is 4.74 Å². The van der Waals surface area contributed by atoms with E-state index >= 15 is 0 Å². The Morgan fingerprint density at radius 2 is 1.39 bits per heavy atom. The summed E-state index contributed by atoms with van der Waals surface area (Å²) in [5.74, 6) is 0.529. The summed E-state index contributed by atoms with van der Waals surface area (Å²) in [6.07, 6.45) is 20.2. The first kappa shape index (κ1) is 28.0. The second-order valence-electron chi connectivity index (χ2n) is 9.25. The average Bonchev–Trinajstić information content (AvgIpc) is 2.74. The lowest BCUT2D eigenvalue weighted by Gasteiger charge is -2.18. The van der Waals surface area contributed by atoms with Gasteiger partial charge < -0.3 is 4.74 Å². The van der Waals surface area contributed by atoms with Crippen molar-refractivity contribution in [2.45, 2.75) is 109 Å². The van der Waals surface area contributed by atoms with Crippen LogP contribution in [-0.4, -0.2) is 26.5 Å². The van der Waals surface area contributed by atoms with E-state index in [0.717, 1.165) is 12.2 Å². The molecule has 1 aromatic carbocycles. The van der Waals surface area contributed by atoms with E-state index in [1.807, 2.05) is 12.1 Å². The van der Waals surface area contributed by atoms with Crippen LogP contribution in [0.2, 0.25) is 0 Å². The highest BCUT2D eigenvalue weighted by Gasteiger charge is 2.22. The monoisotopic (exact) mass is 451 g/mol. The number of unbranched alkanes of at least 4 members (excludes halogenated alkanes) is 12. The van der Waals surface area contributed by atoms with Gasteiger partial charge in [-0.05, 0) is 44.4 Å². The maximum Gasteiger partial charge on any atom is 0.150 e. The number of ether oxygens (including phenoxy) is 1. The summed E-state index contributed by atoms with van der Waals surface area (Å²) in [5, 5.41) is -0.499. The van der Waals surface area contributed by atoms with Gasteiger partial charge in [-0.25, -0.2) is 8.42 Å². The first-order chi connectivity index (χ1) is 14.8. The van der Waals surface area contributed by atoms with Crippen LogP contribution in [0.25, 0.3) is 0 Å². The number of benzene rings is 1. The van der Waals surface area contributed by atoms with E-state index in [1.165, 1.54) is 95.3 Å². The van der Waals surface area contributed by atoms with Gasteiger partial charge in [0.1, 0.15) is 15.6 Å². The minimum Gasteiger partial charge on any atom is -0.493 e. The smallest absolute Gasteiger partial charge is 0.150 e. The van der Waals surface area contributed by atoms with E-state index in [0.29, 0.717) is 6.61 Å². The zero-order valence-electron chi connectivity index (χ0n) is 20.4. The predicted octanol–water partition coefficient (Wildman–Crippen LogP) is 7.58. The van der Waals surface area contributed by atoms with Gasteiger partial charge in [0.25, 0.3) is 0 Å². The summed E-state index contributed by atoms with van der Waals surface area (Å²) < 4.78 is 29.1. The molecule has 4 heteroatoms. The summed E-state index contributed by atoms with van der Waals surface area (Å²) in [7, 11) is -3.09. The topological polar surface area (TPSA) is 43.4 Å². The molecule has 179 valence electrons. The van der Waals surface area contributed by atoms with Crippen LogP contribution in [0, 0.1) is 12.8 Å². The molecule has 0 saturated heterocycles. The highest BCUT2D eigenvalue weighted by atomic mass is 32.2. The van der Waals surface area contributed by atoms with Crippen molar-refractivity contribution in [3.05, 3.63) is 36.8 Å². The Kier molecular flexibility index (Phi) is 15.0. The summed E-state index contributed by atoms with van der Waals surface area (Å²) in [5.41, 5.74) is 1.29. The quantitative estimate of drug-likeness (QED) is 0.204. The van der Waals surface area contributed by atoms with Gasteiger partial charge in [0.2, 0.25) is 0 Å².